The fourth-order valence-corrected chi connectivity index (χ4v) is 4.51. The highest BCUT2D eigenvalue weighted by molar-refractivity contribution is 6.63. The van der Waals surface area contributed by atoms with Crippen molar-refractivity contribution >= 4 is 34.1 Å². The fourth-order valence-electron chi connectivity index (χ4n) is 4.51. The molecule has 2 aliphatic rings. The van der Waals surface area contributed by atoms with Gasteiger partial charge in [0.15, 0.2) is 0 Å². The molecule has 2 unspecified atom stereocenters. The molecular formula is C32H50ClF2N5O. The molecule has 2 aromatic carbocycles. The van der Waals surface area contributed by atoms with E-state index in [-0.39, 0.29) is 16.9 Å². The molecule has 0 amide bonds. The number of para-hydroxylation sites is 2. The fraction of sp³-hybridized carbons (Fsp3) is 0.562. The van der Waals surface area contributed by atoms with Gasteiger partial charge in [0.25, 0.3) is 0 Å². The first kappa shape index (κ1) is 36.5. The summed E-state index contributed by atoms with van der Waals surface area (Å²) in [5.74, 6) is 1.18. The summed E-state index contributed by atoms with van der Waals surface area (Å²) < 4.78 is 27.2. The van der Waals surface area contributed by atoms with E-state index < -0.39 is 0 Å². The molecule has 0 aliphatic carbocycles. The summed E-state index contributed by atoms with van der Waals surface area (Å²) >= 11 is 4.82. The molecule has 9 heteroatoms. The highest BCUT2D eigenvalue weighted by atomic mass is 35.5. The summed E-state index contributed by atoms with van der Waals surface area (Å²) in [6.07, 6.45) is 5.82. The molecule has 4 N–H and O–H groups in total. The Balaban J connectivity index is 0.000000341. The molecule has 0 spiro atoms. The SMILES string of the molecule is CC.CCC(=N)N(CC1CCCNC1)c1ccccc1F.CCC(=O)Cl.Fc1ccccc1NCC1CCCNC1. The molecule has 6 nitrogen and oxygen atoms in total. The van der Waals surface area contributed by atoms with Crippen LogP contribution in [0.5, 0.6) is 0 Å². The Bertz CT molecular complexity index is 998. The second-order valence-corrected chi connectivity index (χ2v) is 10.3. The van der Waals surface area contributed by atoms with Crippen LogP contribution in [-0.2, 0) is 4.79 Å². The number of hydrogen-bond donors (Lipinski definition) is 4. The second kappa shape index (κ2) is 22.1. The minimum absolute atomic E-state index is 0.165. The quantitative estimate of drug-likeness (QED) is 0.145. The number of nitrogens with one attached hydrogen (secondary N) is 4. The summed E-state index contributed by atoms with van der Waals surface area (Å²) in [7, 11) is 0. The van der Waals surface area contributed by atoms with Gasteiger partial charge in [-0.05, 0) is 99.6 Å². The van der Waals surface area contributed by atoms with E-state index >= 15 is 0 Å². The van der Waals surface area contributed by atoms with Gasteiger partial charge in [-0.1, -0.05) is 52.0 Å². The normalized spacial score (nSPS) is 17.7. The first-order valence-corrected chi connectivity index (χ1v) is 15.4. The molecule has 2 fully saturated rings. The maximum Gasteiger partial charge on any atom is 0.221 e. The molecule has 0 bridgehead atoms. The van der Waals surface area contributed by atoms with E-state index in [4.69, 9.17) is 17.0 Å². The van der Waals surface area contributed by atoms with Gasteiger partial charge in [-0.2, -0.15) is 0 Å². The zero-order valence-electron chi connectivity index (χ0n) is 25.2. The highest BCUT2D eigenvalue weighted by Crippen LogP contribution is 2.23. The molecule has 0 radical (unpaired) electrons. The van der Waals surface area contributed by atoms with Crippen LogP contribution < -0.4 is 20.9 Å². The van der Waals surface area contributed by atoms with Crippen molar-refractivity contribution in [3.63, 3.8) is 0 Å². The number of halogens is 3. The number of nitrogens with zero attached hydrogens (tertiary/aromatic N) is 1. The first-order valence-electron chi connectivity index (χ1n) is 15.0. The van der Waals surface area contributed by atoms with Gasteiger partial charge in [0, 0.05) is 25.9 Å². The summed E-state index contributed by atoms with van der Waals surface area (Å²) in [6.45, 7) is 13.4. The molecule has 0 saturated carbocycles. The van der Waals surface area contributed by atoms with Gasteiger partial charge in [0.05, 0.1) is 11.4 Å². The van der Waals surface area contributed by atoms with Crippen LogP contribution in [0.3, 0.4) is 0 Å². The largest absolute Gasteiger partial charge is 0.382 e. The maximum atomic E-state index is 13.9. The van der Waals surface area contributed by atoms with E-state index in [0.717, 1.165) is 52.1 Å². The van der Waals surface area contributed by atoms with Crippen molar-refractivity contribution < 1.29 is 13.6 Å². The van der Waals surface area contributed by atoms with Crippen molar-refractivity contribution in [2.24, 2.45) is 11.8 Å². The van der Waals surface area contributed by atoms with Gasteiger partial charge in [0.1, 0.15) is 17.5 Å². The van der Waals surface area contributed by atoms with Crippen LogP contribution in [0.1, 0.15) is 66.2 Å². The molecule has 230 valence electrons. The molecule has 4 rings (SSSR count). The summed E-state index contributed by atoms with van der Waals surface area (Å²) in [5.41, 5.74) is 1.14. The topological polar surface area (TPSA) is 80.2 Å². The lowest BCUT2D eigenvalue weighted by Crippen LogP contribution is -2.41. The summed E-state index contributed by atoms with van der Waals surface area (Å²) in [4.78, 5) is 11.4. The van der Waals surface area contributed by atoms with Crippen LogP contribution in [0, 0.1) is 28.9 Å². The zero-order chi connectivity index (χ0) is 30.5. The van der Waals surface area contributed by atoms with Crippen molar-refractivity contribution in [3.8, 4) is 0 Å². The lowest BCUT2D eigenvalue weighted by molar-refractivity contribution is -0.111. The van der Waals surface area contributed by atoms with Gasteiger partial charge in [-0.15, -0.1) is 0 Å². The minimum Gasteiger partial charge on any atom is -0.382 e. The third kappa shape index (κ3) is 14.8. The number of piperidine rings is 2. The van der Waals surface area contributed by atoms with E-state index in [2.05, 4.69) is 16.0 Å². The van der Waals surface area contributed by atoms with Gasteiger partial charge < -0.3 is 20.9 Å². The number of anilines is 2. The smallest absolute Gasteiger partial charge is 0.221 e. The second-order valence-electron chi connectivity index (χ2n) is 9.86. The Morgan fingerprint density at radius 1 is 0.927 bits per heavy atom. The Kier molecular flexibility index (Phi) is 19.7. The van der Waals surface area contributed by atoms with E-state index in [1.807, 2.05) is 37.8 Å². The van der Waals surface area contributed by atoms with E-state index in [1.165, 1.54) is 25.0 Å². The third-order valence-electron chi connectivity index (χ3n) is 6.78. The van der Waals surface area contributed by atoms with E-state index in [9.17, 15) is 13.6 Å². The molecule has 2 aromatic rings. The lowest BCUT2D eigenvalue weighted by Gasteiger charge is -2.31. The number of carbonyl (C=O) groups excluding carboxylic acids is 1. The van der Waals surface area contributed by atoms with Gasteiger partial charge in [-0.25, -0.2) is 8.78 Å². The van der Waals surface area contributed by atoms with Crippen LogP contribution in [0.4, 0.5) is 20.2 Å². The maximum absolute atomic E-state index is 13.9. The van der Waals surface area contributed by atoms with Gasteiger partial charge in [0.2, 0.25) is 5.24 Å². The Morgan fingerprint density at radius 2 is 1.46 bits per heavy atom. The molecule has 2 atom stereocenters. The number of amidine groups is 1. The van der Waals surface area contributed by atoms with Crippen LogP contribution in [-0.4, -0.2) is 50.3 Å². The van der Waals surface area contributed by atoms with Crippen LogP contribution in [0.15, 0.2) is 48.5 Å². The van der Waals surface area contributed by atoms with Gasteiger partial charge >= 0.3 is 0 Å². The number of carbonyl (C=O) groups is 1. The monoisotopic (exact) mass is 593 g/mol. The Labute approximate surface area is 251 Å². The van der Waals surface area contributed by atoms with Crippen LogP contribution >= 0.6 is 11.6 Å². The molecular weight excluding hydrogens is 544 g/mol. The van der Waals surface area contributed by atoms with E-state index in [1.54, 1.807) is 31.2 Å². The first-order chi connectivity index (χ1) is 19.8. The van der Waals surface area contributed by atoms with Gasteiger partial charge in [-0.3, -0.25) is 10.2 Å². The molecule has 2 heterocycles. The van der Waals surface area contributed by atoms with Crippen molar-refractivity contribution in [1.29, 1.82) is 5.41 Å². The third-order valence-corrected chi connectivity index (χ3v) is 7.04. The number of hydrogen-bond acceptors (Lipinski definition) is 5. The number of benzene rings is 2. The Morgan fingerprint density at radius 3 is 1.95 bits per heavy atom. The molecule has 0 aromatic heterocycles. The zero-order valence-corrected chi connectivity index (χ0v) is 26.0. The highest BCUT2D eigenvalue weighted by Gasteiger charge is 2.21. The lowest BCUT2D eigenvalue weighted by atomic mass is 9.98. The predicted molar refractivity (Wildman–Crippen MR) is 170 cm³/mol. The molecule has 2 aliphatic heterocycles. The van der Waals surface area contributed by atoms with Crippen molar-refractivity contribution in [3.05, 3.63) is 60.2 Å². The standard InChI is InChI=1S/C15H22FN3.C12H17FN2.C3H5ClO.C2H6/c1-2-15(17)19(11-12-6-5-9-18-10-12)14-8-4-3-7-13(14)16;13-11-5-1-2-6-12(11)15-9-10-4-3-7-14-8-10;1-2-3(4)5;1-2/h3-4,7-8,12,17-18H,2,5-6,9-11H2,1H3;1-2,5-6,10,14-15H,3-4,7-9H2;2H2,1H3;1-2H3. The average molecular weight is 594 g/mol. The molecule has 2 saturated heterocycles. The summed E-state index contributed by atoms with van der Waals surface area (Å²) in [6, 6.07) is 13.6. The van der Waals surface area contributed by atoms with E-state index in [0.29, 0.717) is 41.9 Å². The minimum atomic E-state index is -0.273. The van der Waals surface area contributed by atoms with Crippen molar-refractivity contribution in [2.45, 2.75) is 66.2 Å². The predicted octanol–water partition coefficient (Wildman–Crippen LogP) is 7.44. The Hall–Kier alpha value is -2.55. The summed E-state index contributed by atoms with van der Waals surface area (Å²) in [5, 5.41) is 17.7. The van der Waals surface area contributed by atoms with Crippen LogP contribution in [0.2, 0.25) is 0 Å². The average Bonchev–Trinajstić information content (AvgIpc) is 3.02. The van der Waals surface area contributed by atoms with Crippen molar-refractivity contribution in [1.82, 2.24) is 10.6 Å². The number of rotatable bonds is 8. The van der Waals surface area contributed by atoms with Crippen LogP contribution in [0.25, 0.3) is 0 Å². The molecule has 41 heavy (non-hydrogen) atoms. The van der Waals surface area contributed by atoms with Crippen molar-refractivity contribution in [2.75, 3.05) is 49.5 Å².